The van der Waals surface area contributed by atoms with Gasteiger partial charge in [-0.1, -0.05) is 19.8 Å². The maximum Gasteiger partial charge on any atom is 0.222 e. The van der Waals surface area contributed by atoms with E-state index >= 15 is 0 Å². The van der Waals surface area contributed by atoms with Crippen LogP contribution < -0.4 is 16.0 Å². The predicted octanol–water partition coefficient (Wildman–Crippen LogP) is 2.58. The Morgan fingerprint density at radius 3 is 2.49 bits per heavy atom. The smallest absolute Gasteiger partial charge is 0.222 e. The Hall–Kier alpha value is -2.89. The summed E-state index contributed by atoms with van der Waals surface area (Å²) in [6, 6.07) is 3.20. The molecule has 0 spiro atoms. The Morgan fingerprint density at radius 1 is 1.17 bits per heavy atom. The minimum Gasteiger partial charge on any atom is -0.400 e. The maximum absolute atomic E-state index is 14.8. The van der Waals surface area contributed by atoms with Gasteiger partial charge in [0.05, 0.1) is 19.3 Å². The number of nitrogen functional groups attached to an aromatic ring is 1. The maximum atomic E-state index is 14.8. The molecule has 1 aliphatic carbocycles. The molecule has 1 aromatic carbocycles. The van der Waals surface area contributed by atoms with Crippen LogP contribution in [-0.2, 0) is 13.1 Å². The summed E-state index contributed by atoms with van der Waals surface area (Å²) in [4.78, 5) is 10.5. The summed E-state index contributed by atoms with van der Waals surface area (Å²) in [5, 5.41) is 24.3. The van der Waals surface area contributed by atoms with Crippen molar-refractivity contribution in [2.45, 2.75) is 58.2 Å². The first-order valence-electron chi connectivity index (χ1n) is 12.0. The van der Waals surface area contributed by atoms with Gasteiger partial charge in [0.2, 0.25) is 5.95 Å². The first kappa shape index (κ1) is 26.7. The average Bonchev–Trinajstić information content (AvgIpc) is 3.21. The molecular weight excluding hydrogens is 456 g/mol. The van der Waals surface area contributed by atoms with Gasteiger partial charge in [0, 0.05) is 38.3 Å². The number of hydrogen-bond acceptors (Lipinski definition) is 8. The van der Waals surface area contributed by atoms with Gasteiger partial charge in [-0.05, 0) is 37.0 Å². The molecule has 2 aromatic heterocycles. The second kappa shape index (κ2) is 12.7. The van der Waals surface area contributed by atoms with E-state index in [0.29, 0.717) is 48.1 Å². The molecule has 0 aliphatic heterocycles. The third-order valence-corrected chi connectivity index (χ3v) is 6.08. The molecule has 11 heteroatoms. The molecular formula is C24H35F2N7O2. The van der Waals surface area contributed by atoms with Gasteiger partial charge in [0.1, 0.15) is 17.2 Å². The highest BCUT2D eigenvalue weighted by Crippen LogP contribution is 2.25. The van der Waals surface area contributed by atoms with E-state index in [4.69, 9.17) is 10.8 Å². The van der Waals surface area contributed by atoms with Crippen molar-refractivity contribution >= 4 is 22.8 Å². The second-order valence-electron chi connectivity index (χ2n) is 8.58. The minimum absolute atomic E-state index is 0.0474. The third kappa shape index (κ3) is 6.62. The van der Waals surface area contributed by atoms with E-state index in [1.54, 1.807) is 6.20 Å². The topological polar surface area (TPSA) is 125 Å². The summed E-state index contributed by atoms with van der Waals surface area (Å²) in [5.41, 5.74) is 7.40. The number of halogens is 2. The van der Waals surface area contributed by atoms with Gasteiger partial charge in [0.15, 0.2) is 11.3 Å². The lowest BCUT2D eigenvalue weighted by atomic mass is 9.93. The highest BCUT2D eigenvalue weighted by molar-refractivity contribution is 5.86. The third-order valence-electron chi connectivity index (χ3n) is 6.08. The number of aromatic nitrogens is 4. The molecule has 0 radical (unpaired) electrons. The average molecular weight is 492 g/mol. The number of benzene rings is 1. The van der Waals surface area contributed by atoms with Crippen LogP contribution in [0.2, 0.25) is 0 Å². The minimum atomic E-state index is -0.601. The molecule has 0 atom stereocenters. The molecule has 0 saturated heterocycles. The summed E-state index contributed by atoms with van der Waals surface area (Å²) in [5.74, 6) is -0.611. The highest BCUT2D eigenvalue weighted by atomic mass is 19.1. The van der Waals surface area contributed by atoms with Crippen LogP contribution in [0.15, 0.2) is 18.3 Å². The largest absolute Gasteiger partial charge is 0.400 e. The van der Waals surface area contributed by atoms with Gasteiger partial charge >= 0.3 is 0 Å². The Balaban J connectivity index is 0.00000167. The Kier molecular flexibility index (Phi) is 9.70. The van der Waals surface area contributed by atoms with Crippen LogP contribution in [0.25, 0.3) is 11.0 Å². The molecule has 35 heavy (non-hydrogen) atoms. The van der Waals surface area contributed by atoms with Crippen molar-refractivity contribution in [2.75, 3.05) is 37.4 Å². The molecule has 3 aromatic rings. The molecule has 1 aliphatic rings. The van der Waals surface area contributed by atoms with Crippen LogP contribution in [0.3, 0.4) is 0 Å². The lowest BCUT2D eigenvalue weighted by molar-refractivity contribution is 0.301. The first-order chi connectivity index (χ1) is 17.0. The second-order valence-corrected chi connectivity index (χ2v) is 8.58. The number of aliphatic hydroxyl groups is 2. The van der Waals surface area contributed by atoms with Crippen LogP contribution in [0, 0.1) is 11.6 Å². The molecule has 192 valence electrons. The number of nitrogens with zero attached hydrogens (tertiary/aromatic N) is 5. The standard InChI is InChI=1S/C23H31F2N7O.CH4O/c1-2-3-7-31(8-9-33)22-21-20(28-23(26)29-22)14-32(30-21)13-17-18(24)10-15(11-19(17)25)12-27-16-5-4-6-16;1-2/h10-11,14,16,27,33H,2-9,12-13H2,1H3,(H2,26,28);2H,1H3. The van der Waals surface area contributed by atoms with E-state index in [9.17, 15) is 13.9 Å². The highest BCUT2D eigenvalue weighted by Gasteiger charge is 2.20. The van der Waals surface area contributed by atoms with Crippen LogP contribution in [0.1, 0.15) is 50.2 Å². The van der Waals surface area contributed by atoms with Crippen molar-refractivity contribution in [1.82, 2.24) is 25.1 Å². The zero-order chi connectivity index (χ0) is 25.4. The van der Waals surface area contributed by atoms with Crippen molar-refractivity contribution < 1.29 is 19.0 Å². The van der Waals surface area contributed by atoms with Gasteiger partial charge in [0.25, 0.3) is 0 Å². The van der Waals surface area contributed by atoms with Gasteiger partial charge in [-0.3, -0.25) is 4.68 Å². The van der Waals surface area contributed by atoms with Crippen molar-refractivity contribution in [3.63, 3.8) is 0 Å². The molecule has 1 saturated carbocycles. The molecule has 9 nitrogen and oxygen atoms in total. The fraction of sp³-hybridized carbons (Fsp3) is 0.542. The predicted molar refractivity (Wildman–Crippen MR) is 132 cm³/mol. The Bertz CT molecular complexity index is 1080. The van der Waals surface area contributed by atoms with Crippen LogP contribution in [0.5, 0.6) is 0 Å². The molecule has 0 bridgehead atoms. The number of hydrogen-bond donors (Lipinski definition) is 4. The molecule has 0 unspecified atom stereocenters. The number of unbranched alkanes of at least 4 members (excludes halogenated alkanes) is 1. The van der Waals surface area contributed by atoms with Gasteiger partial charge in [-0.15, -0.1) is 0 Å². The van der Waals surface area contributed by atoms with Crippen LogP contribution in [-0.4, -0.2) is 62.8 Å². The monoisotopic (exact) mass is 491 g/mol. The Labute approximate surface area is 204 Å². The van der Waals surface area contributed by atoms with Gasteiger partial charge in [-0.2, -0.15) is 10.1 Å². The SMILES string of the molecule is CCCCN(CCO)c1nc(N)nc2cn(Cc3c(F)cc(CNC4CCC4)cc3F)nc12.CO. The van der Waals surface area contributed by atoms with E-state index in [1.807, 2.05) is 4.90 Å². The Morgan fingerprint density at radius 2 is 1.89 bits per heavy atom. The number of rotatable bonds is 11. The lowest BCUT2D eigenvalue weighted by Gasteiger charge is -2.26. The van der Waals surface area contributed by atoms with E-state index < -0.39 is 11.6 Å². The van der Waals surface area contributed by atoms with Crippen LogP contribution >= 0.6 is 0 Å². The molecule has 1 fully saturated rings. The van der Waals surface area contributed by atoms with Crippen molar-refractivity contribution in [1.29, 1.82) is 0 Å². The molecule has 4 rings (SSSR count). The summed E-state index contributed by atoms with van der Waals surface area (Å²) >= 11 is 0. The van der Waals surface area contributed by atoms with E-state index in [-0.39, 0.29) is 24.7 Å². The number of nitrogens with two attached hydrogens (primary N) is 1. The number of aliphatic hydroxyl groups excluding tert-OH is 2. The van der Waals surface area contributed by atoms with E-state index in [2.05, 4.69) is 27.3 Å². The molecule has 0 amide bonds. The fourth-order valence-electron chi connectivity index (χ4n) is 4.00. The van der Waals surface area contributed by atoms with Crippen molar-refractivity contribution in [3.05, 3.63) is 41.1 Å². The quantitative estimate of drug-likeness (QED) is 0.323. The van der Waals surface area contributed by atoms with Gasteiger partial charge < -0.3 is 26.2 Å². The van der Waals surface area contributed by atoms with E-state index in [1.165, 1.54) is 23.2 Å². The van der Waals surface area contributed by atoms with Crippen molar-refractivity contribution in [2.24, 2.45) is 0 Å². The summed E-state index contributed by atoms with van der Waals surface area (Å²) < 4.78 is 31.0. The molecule has 5 N–H and O–H groups in total. The summed E-state index contributed by atoms with van der Waals surface area (Å²) in [7, 11) is 1.00. The first-order valence-corrected chi connectivity index (χ1v) is 12.0. The van der Waals surface area contributed by atoms with Crippen LogP contribution in [0.4, 0.5) is 20.5 Å². The lowest BCUT2D eigenvalue weighted by Crippen LogP contribution is -2.34. The van der Waals surface area contributed by atoms with E-state index in [0.717, 1.165) is 32.8 Å². The normalized spacial score (nSPS) is 13.4. The zero-order valence-electron chi connectivity index (χ0n) is 20.3. The fourth-order valence-corrected chi connectivity index (χ4v) is 4.00. The number of nitrogens with one attached hydrogen (secondary N) is 1. The zero-order valence-corrected chi connectivity index (χ0v) is 20.3. The van der Waals surface area contributed by atoms with Crippen molar-refractivity contribution in [3.8, 4) is 0 Å². The number of fused-ring (bicyclic) bond motifs is 1. The molecule has 2 heterocycles. The van der Waals surface area contributed by atoms with Gasteiger partial charge in [-0.25, -0.2) is 13.8 Å². The summed E-state index contributed by atoms with van der Waals surface area (Å²) in [6.45, 7) is 3.44. The summed E-state index contributed by atoms with van der Waals surface area (Å²) in [6.07, 6.45) is 6.92. The number of anilines is 2.